The first-order chi connectivity index (χ1) is 10.2. The molecule has 5 nitrogen and oxygen atoms in total. The number of guanidine groups is 1. The lowest BCUT2D eigenvalue weighted by Gasteiger charge is -2.14. The first-order valence-electron chi connectivity index (χ1n) is 7.46. The van der Waals surface area contributed by atoms with E-state index in [0.29, 0.717) is 5.15 Å². The lowest BCUT2D eigenvalue weighted by molar-refractivity contribution is 0.363. The van der Waals surface area contributed by atoms with Gasteiger partial charge in [-0.1, -0.05) is 24.6 Å². The van der Waals surface area contributed by atoms with Gasteiger partial charge in [-0.3, -0.25) is 4.99 Å². The van der Waals surface area contributed by atoms with E-state index in [-0.39, 0.29) is 0 Å². The van der Waals surface area contributed by atoms with Gasteiger partial charge in [-0.05, 0) is 38.6 Å². The summed E-state index contributed by atoms with van der Waals surface area (Å²) >= 11 is 5.77. The summed E-state index contributed by atoms with van der Waals surface area (Å²) in [4.78, 5) is 10.9. The molecule has 0 atom stereocenters. The predicted molar refractivity (Wildman–Crippen MR) is 90.1 cm³/mol. The number of nitrogens with zero attached hydrogens (tertiary/aromatic N) is 3. The van der Waals surface area contributed by atoms with Crippen LogP contribution in [0.5, 0.6) is 0 Å². The maximum Gasteiger partial charge on any atom is 0.191 e. The highest BCUT2D eigenvalue weighted by atomic mass is 35.5. The van der Waals surface area contributed by atoms with Gasteiger partial charge in [0.05, 0.1) is 6.54 Å². The molecule has 1 aromatic heterocycles. The molecule has 0 bridgehead atoms. The zero-order valence-electron chi connectivity index (χ0n) is 13.2. The molecule has 1 rings (SSSR count). The van der Waals surface area contributed by atoms with E-state index in [9.17, 15) is 0 Å². The van der Waals surface area contributed by atoms with Crippen molar-refractivity contribution in [3.05, 3.63) is 29.0 Å². The summed E-state index contributed by atoms with van der Waals surface area (Å²) in [5, 5.41) is 7.12. The van der Waals surface area contributed by atoms with Crippen molar-refractivity contribution in [2.45, 2.75) is 20.3 Å². The Hall–Kier alpha value is -1.33. The number of hydrogen-bond acceptors (Lipinski definition) is 3. The van der Waals surface area contributed by atoms with Gasteiger partial charge in [-0.15, -0.1) is 0 Å². The van der Waals surface area contributed by atoms with Crippen molar-refractivity contribution in [2.24, 2.45) is 4.99 Å². The van der Waals surface area contributed by atoms with E-state index in [4.69, 9.17) is 11.6 Å². The van der Waals surface area contributed by atoms with E-state index in [2.05, 4.69) is 46.4 Å². The average molecular weight is 312 g/mol. The molecular formula is C15H26ClN5. The zero-order valence-corrected chi connectivity index (χ0v) is 14.0. The molecule has 6 heteroatoms. The van der Waals surface area contributed by atoms with Crippen LogP contribution in [0.15, 0.2) is 23.3 Å². The maximum absolute atomic E-state index is 5.77. The molecular weight excluding hydrogens is 286 g/mol. The topological polar surface area (TPSA) is 52.6 Å². The van der Waals surface area contributed by atoms with Crippen LogP contribution in [-0.4, -0.2) is 55.6 Å². The van der Waals surface area contributed by atoms with Crippen molar-refractivity contribution in [1.82, 2.24) is 20.5 Å². The largest absolute Gasteiger partial charge is 0.357 e. The van der Waals surface area contributed by atoms with Crippen LogP contribution >= 0.6 is 11.6 Å². The number of aromatic nitrogens is 1. The second-order valence-electron chi connectivity index (χ2n) is 4.82. The quantitative estimate of drug-likeness (QED) is 0.436. The number of likely N-dealkylation sites (N-methyl/N-ethyl adjacent to an activating group) is 1. The normalized spacial score (nSPS) is 11.8. The molecule has 1 aromatic rings. The summed E-state index contributed by atoms with van der Waals surface area (Å²) in [5.41, 5.74) is 1.16. The highest BCUT2D eigenvalue weighted by molar-refractivity contribution is 6.29. The van der Waals surface area contributed by atoms with Gasteiger partial charge in [0.2, 0.25) is 0 Å². The second kappa shape index (κ2) is 10.4. The van der Waals surface area contributed by atoms with E-state index in [1.54, 1.807) is 0 Å². The van der Waals surface area contributed by atoms with Crippen LogP contribution in [0, 0.1) is 0 Å². The van der Waals surface area contributed by atoms with E-state index in [0.717, 1.165) is 50.7 Å². The third kappa shape index (κ3) is 7.87. The van der Waals surface area contributed by atoms with Gasteiger partial charge in [0, 0.05) is 25.8 Å². The van der Waals surface area contributed by atoms with Crippen LogP contribution < -0.4 is 10.6 Å². The molecule has 0 saturated heterocycles. The van der Waals surface area contributed by atoms with Crippen LogP contribution in [0.25, 0.3) is 0 Å². The molecule has 0 aliphatic carbocycles. The number of aliphatic imine (C=N–C) groups is 1. The molecule has 0 spiro atoms. The van der Waals surface area contributed by atoms with Crippen molar-refractivity contribution in [1.29, 1.82) is 0 Å². The number of hydrogen-bond donors (Lipinski definition) is 2. The fourth-order valence-corrected chi connectivity index (χ4v) is 1.82. The van der Waals surface area contributed by atoms with Gasteiger partial charge < -0.3 is 15.5 Å². The fourth-order valence-electron chi connectivity index (χ4n) is 1.71. The SMILES string of the molecule is CCNC(=NCCN(C)CC)NCCc1ccc(Cl)nc1. The summed E-state index contributed by atoms with van der Waals surface area (Å²) in [5.74, 6) is 0.865. The van der Waals surface area contributed by atoms with E-state index in [1.807, 2.05) is 18.3 Å². The van der Waals surface area contributed by atoms with Gasteiger partial charge >= 0.3 is 0 Å². The Balaban J connectivity index is 2.36. The third-order valence-corrected chi connectivity index (χ3v) is 3.35. The number of halogens is 1. The van der Waals surface area contributed by atoms with Gasteiger partial charge in [-0.2, -0.15) is 0 Å². The summed E-state index contributed by atoms with van der Waals surface area (Å²) in [6.45, 7) is 8.70. The van der Waals surface area contributed by atoms with Crippen LogP contribution in [0.4, 0.5) is 0 Å². The maximum atomic E-state index is 5.77. The predicted octanol–water partition coefficient (Wildman–Crippen LogP) is 1.78. The Morgan fingerprint density at radius 2 is 2.14 bits per heavy atom. The smallest absolute Gasteiger partial charge is 0.191 e. The lowest BCUT2D eigenvalue weighted by atomic mass is 10.2. The van der Waals surface area contributed by atoms with Crippen molar-refractivity contribution in [2.75, 3.05) is 39.8 Å². The molecule has 0 amide bonds. The van der Waals surface area contributed by atoms with Gasteiger partial charge in [0.1, 0.15) is 5.15 Å². The Morgan fingerprint density at radius 1 is 1.33 bits per heavy atom. The Kier molecular flexibility index (Phi) is 8.78. The molecule has 0 saturated carbocycles. The Labute approximate surface area is 132 Å². The molecule has 0 fully saturated rings. The van der Waals surface area contributed by atoms with Crippen LogP contribution in [-0.2, 0) is 6.42 Å². The summed E-state index contributed by atoms with van der Waals surface area (Å²) < 4.78 is 0. The Morgan fingerprint density at radius 3 is 2.76 bits per heavy atom. The minimum atomic E-state index is 0.529. The van der Waals surface area contributed by atoms with Crippen LogP contribution in [0.1, 0.15) is 19.4 Å². The Bertz CT molecular complexity index is 419. The first-order valence-corrected chi connectivity index (χ1v) is 7.84. The molecule has 0 aliphatic heterocycles. The molecule has 0 radical (unpaired) electrons. The number of nitrogens with one attached hydrogen (secondary N) is 2. The monoisotopic (exact) mass is 311 g/mol. The van der Waals surface area contributed by atoms with Crippen molar-refractivity contribution < 1.29 is 0 Å². The van der Waals surface area contributed by atoms with Crippen molar-refractivity contribution in [3.8, 4) is 0 Å². The highest BCUT2D eigenvalue weighted by Crippen LogP contribution is 2.05. The zero-order chi connectivity index (χ0) is 15.5. The molecule has 2 N–H and O–H groups in total. The fraction of sp³-hybridized carbons (Fsp3) is 0.600. The van der Waals surface area contributed by atoms with Crippen molar-refractivity contribution in [3.63, 3.8) is 0 Å². The average Bonchev–Trinajstić information content (AvgIpc) is 2.49. The van der Waals surface area contributed by atoms with Gasteiger partial charge in [-0.25, -0.2) is 4.98 Å². The molecule has 0 unspecified atom stereocenters. The summed E-state index contributed by atoms with van der Waals surface area (Å²) in [6.07, 6.45) is 2.70. The van der Waals surface area contributed by atoms with E-state index in [1.165, 1.54) is 0 Å². The van der Waals surface area contributed by atoms with Gasteiger partial charge in [0.15, 0.2) is 5.96 Å². The number of pyridine rings is 1. The first kappa shape index (κ1) is 17.7. The number of rotatable bonds is 8. The second-order valence-corrected chi connectivity index (χ2v) is 5.21. The standard InChI is InChI=1S/C15H26ClN5/c1-4-17-15(19-10-11-21(3)5-2)18-9-8-13-6-7-14(16)20-12-13/h6-7,12H,4-5,8-11H2,1-3H3,(H2,17,18,19). The minimum absolute atomic E-state index is 0.529. The summed E-state index contributed by atoms with van der Waals surface area (Å²) in [6, 6.07) is 3.81. The van der Waals surface area contributed by atoms with Gasteiger partial charge in [0.25, 0.3) is 0 Å². The van der Waals surface area contributed by atoms with E-state index >= 15 is 0 Å². The molecule has 1 heterocycles. The van der Waals surface area contributed by atoms with Crippen molar-refractivity contribution >= 4 is 17.6 Å². The molecule has 21 heavy (non-hydrogen) atoms. The van der Waals surface area contributed by atoms with Crippen LogP contribution in [0.3, 0.4) is 0 Å². The lowest BCUT2D eigenvalue weighted by Crippen LogP contribution is -2.39. The minimum Gasteiger partial charge on any atom is -0.357 e. The third-order valence-electron chi connectivity index (χ3n) is 3.13. The van der Waals surface area contributed by atoms with Crippen LogP contribution in [0.2, 0.25) is 5.15 Å². The molecule has 118 valence electrons. The molecule has 0 aromatic carbocycles. The summed E-state index contributed by atoms with van der Waals surface area (Å²) in [7, 11) is 2.10. The highest BCUT2D eigenvalue weighted by Gasteiger charge is 1.99. The molecule has 0 aliphatic rings. The van der Waals surface area contributed by atoms with E-state index < -0.39 is 0 Å².